The molecule has 0 atom stereocenters. The van der Waals surface area contributed by atoms with E-state index in [1.165, 1.54) is 43.6 Å². The van der Waals surface area contributed by atoms with E-state index in [9.17, 15) is 0 Å². The second kappa shape index (κ2) is 12.5. The van der Waals surface area contributed by atoms with Crippen molar-refractivity contribution in [3.05, 3.63) is 170 Å². The number of hydrogen-bond acceptors (Lipinski definition) is 2. The van der Waals surface area contributed by atoms with Crippen molar-refractivity contribution in [3.8, 4) is 34.4 Å². The summed E-state index contributed by atoms with van der Waals surface area (Å²) < 4.78 is 17.1. The number of benzene rings is 7. The van der Waals surface area contributed by atoms with Crippen molar-refractivity contribution in [3.63, 3.8) is 0 Å². The van der Waals surface area contributed by atoms with Gasteiger partial charge in [-0.05, 0) is 84.9 Å². The fourth-order valence-electron chi connectivity index (χ4n) is 6.60. The van der Waals surface area contributed by atoms with Gasteiger partial charge in [-0.3, -0.25) is 0 Å². The van der Waals surface area contributed by atoms with Crippen LogP contribution in [0.2, 0.25) is 0 Å². The first-order valence-electron chi connectivity index (χ1n) is 16.4. The summed E-state index contributed by atoms with van der Waals surface area (Å²) in [5, 5.41) is 4.99. The molecule has 48 heavy (non-hydrogen) atoms. The van der Waals surface area contributed by atoms with Crippen LogP contribution >= 0.6 is 0 Å². The molecular formula is C44H34N2O2. The van der Waals surface area contributed by atoms with E-state index in [1.54, 1.807) is 0 Å². The molecule has 9 rings (SSSR count). The first kappa shape index (κ1) is 29.2. The molecule has 0 bridgehead atoms. The minimum Gasteiger partial charge on any atom is -0.457 e. The van der Waals surface area contributed by atoms with Crippen LogP contribution in [0.15, 0.2) is 170 Å². The lowest BCUT2D eigenvalue weighted by atomic mass is 10.2. The highest BCUT2D eigenvalue weighted by atomic mass is 16.5. The highest BCUT2D eigenvalue weighted by molar-refractivity contribution is 6.10. The molecular weight excluding hydrogens is 588 g/mol. The van der Waals surface area contributed by atoms with Crippen LogP contribution in [-0.4, -0.2) is 9.13 Å². The number of hydrogen-bond donors (Lipinski definition) is 0. The third-order valence-electron chi connectivity index (χ3n) is 8.63. The molecule has 0 N–H and O–H groups in total. The average molecular weight is 623 g/mol. The summed E-state index contributed by atoms with van der Waals surface area (Å²) in [6.45, 7) is 4.00. The van der Waals surface area contributed by atoms with Crippen LogP contribution in [0.3, 0.4) is 0 Å². The van der Waals surface area contributed by atoms with Crippen molar-refractivity contribution in [2.24, 2.45) is 0 Å². The lowest BCUT2D eigenvalue weighted by Gasteiger charge is -2.12. The molecule has 7 aromatic carbocycles. The summed E-state index contributed by atoms with van der Waals surface area (Å²) in [4.78, 5) is 0. The highest BCUT2D eigenvalue weighted by Crippen LogP contribution is 2.35. The number of para-hydroxylation sites is 4. The van der Waals surface area contributed by atoms with Crippen LogP contribution < -0.4 is 9.47 Å². The molecule has 2 aromatic heterocycles. The van der Waals surface area contributed by atoms with Gasteiger partial charge in [0.15, 0.2) is 0 Å². The molecule has 0 radical (unpaired) electrons. The van der Waals surface area contributed by atoms with Crippen molar-refractivity contribution in [2.75, 3.05) is 0 Å². The van der Waals surface area contributed by atoms with Crippen LogP contribution in [0.25, 0.3) is 55.0 Å². The van der Waals surface area contributed by atoms with E-state index in [2.05, 4.69) is 130 Å². The molecule has 2 heterocycles. The summed E-state index contributed by atoms with van der Waals surface area (Å²) in [5.41, 5.74) is 6.92. The van der Waals surface area contributed by atoms with Gasteiger partial charge in [0.25, 0.3) is 0 Å². The number of nitrogens with zero attached hydrogens (tertiary/aromatic N) is 2. The number of rotatable bonds is 6. The van der Waals surface area contributed by atoms with Gasteiger partial charge in [0.2, 0.25) is 0 Å². The Morgan fingerprint density at radius 2 is 0.625 bits per heavy atom. The fourth-order valence-corrected chi connectivity index (χ4v) is 6.60. The lowest BCUT2D eigenvalue weighted by Crippen LogP contribution is -1.94. The molecule has 0 aliphatic rings. The van der Waals surface area contributed by atoms with Crippen molar-refractivity contribution >= 4 is 43.6 Å². The molecule has 0 fully saturated rings. The van der Waals surface area contributed by atoms with Gasteiger partial charge in [0.05, 0.1) is 22.1 Å². The SMILES string of the molecule is CC.c1cc(Oc2ccc(-n3c4ccccc4c4ccccc43)cc2)cc(Oc2ccc(-n3c4ccccc4c4ccccc43)cc2)c1. The van der Waals surface area contributed by atoms with Crippen LogP contribution in [0.4, 0.5) is 0 Å². The van der Waals surface area contributed by atoms with E-state index >= 15 is 0 Å². The predicted octanol–water partition coefficient (Wildman–Crippen LogP) is 12.5. The molecule has 0 unspecified atom stereocenters. The second-order valence-corrected chi connectivity index (χ2v) is 11.4. The van der Waals surface area contributed by atoms with Crippen molar-refractivity contribution in [1.82, 2.24) is 9.13 Å². The molecule has 0 aliphatic heterocycles. The number of fused-ring (bicyclic) bond motifs is 6. The smallest absolute Gasteiger partial charge is 0.131 e. The monoisotopic (exact) mass is 622 g/mol. The lowest BCUT2D eigenvalue weighted by molar-refractivity contribution is 0.460. The Kier molecular flexibility index (Phi) is 7.60. The van der Waals surface area contributed by atoms with Gasteiger partial charge in [-0.25, -0.2) is 0 Å². The van der Waals surface area contributed by atoms with Crippen LogP contribution in [-0.2, 0) is 0 Å². The number of aromatic nitrogens is 2. The van der Waals surface area contributed by atoms with Crippen LogP contribution in [0.5, 0.6) is 23.0 Å². The largest absolute Gasteiger partial charge is 0.457 e. The summed E-state index contributed by atoms with van der Waals surface area (Å²) in [5.74, 6) is 2.95. The molecule has 232 valence electrons. The Hall–Kier alpha value is -6.26. The zero-order chi connectivity index (χ0) is 32.5. The quantitative estimate of drug-likeness (QED) is 0.185. The summed E-state index contributed by atoms with van der Waals surface area (Å²) >= 11 is 0. The van der Waals surface area contributed by atoms with E-state index in [0.29, 0.717) is 11.5 Å². The minimum absolute atomic E-state index is 0.712. The van der Waals surface area contributed by atoms with Crippen molar-refractivity contribution < 1.29 is 9.47 Å². The van der Waals surface area contributed by atoms with Crippen molar-refractivity contribution in [2.45, 2.75) is 13.8 Å². The molecule has 9 aromatic rings. The van der Waals surface area contributed by atoms with E-state index in [4.69, 9.17) is 9.47 Å². The Labute approximate surface area is 279 Å². The van der Waals surface area contributed by atoms with Gasteiger partial charge in [-0.15, -0.1) is 0 Å². The highest BCUT2D eigenvalue weighted by Gasteiger charge is 2.13. The molecule has 0 spiro atoms. The zero-order valence-electron chi connectivity index (χ0n) is 26.9. The van der Waals surface area contributed by atoms with E-state index in [0.717, 1.165) is 22.9 Å². The molecule has 4 nitrogen and oxygen atoms in total. The summed E-state index contributed by atoms with van der Waals surface area (Å²) in [6, 6.07) is 58.4. The maximum atomic E-state index is 6.26. The Morgan fingerprint density at radius 1 is 0.312 bits per heavy atom. The van der Waals surface area contributed by atoms with Gasteiger partial charge in [0.1, 0.15) is 23.0 Å². The fraction of sp³-hybridized carbons (Fsp3) is 0.0455. The average Bonchev–Trinajstić information content (AvgIpc) is 3.67. The molecule has 0 amide bonds. The van der Waals surface area contributed by atoms with Gasteiger partial charge in [-0.2, -0.15) is 0 Å². The standard InChI is InChI=1S/C42H28N2O2.C2H6/c1-5-16-39-35(12-1)36-13-2-6-17-40(36)43(39)29-20-24-31(25-21-29)45-33-10-9-11-34(28-33)46-32-26-22-30(23-27-32)44-41-18-7-3-14-37(41)38-15-4-8-19-42(38)44;1-2/h1-28H;1-2H3. The van der Waals surface area contributed by atoms with E-state index in [1.807, 2.05) is 62.4 Å². The Balaban J connectivity index is 0.00000165. The second-order valence-electron chi connectivity index (χ2n) is 11.4. The predicted molar refractivity (Wildman–Crippen MR) is 199 cm³/mol. The normalized spacial score (nSPS) is 11.1. The summed E-state index contributed by atoms with van der Waals surface area (Å²) in [7, 11) is 0. The minimum atomic E-state index is 0.712. The van der Waals surface area contributed by atoms with E-state index < -0.39 is 0 Å². The van der Waals surface area contributed by atoms with Gasteiger partial charge in [-0.1, -0.05) is 92.7 Å². The van der Waals surface area contributed by atoms with Gasteiger partial charge < -0.3 is 18.6 Å². The Bertz CT molecular complexity index is 2240. The summed E-state index contributed by atoms with van der Waals surface area (Å²) in [6.07, 6.45) is 0. The third kappa shape index (κ3) is 5.14. The first-order chi connectivity index (χ1) is 23.8. The molecule has 0 aliphatic carbocycles. The Morgan fingerprint density at radius 3 is 0.958 bits per heavy atom. The van der Waals surface area contributed by atoms with Crippen molar-refractivity contribution in [1.29, 1.82) is 0 Å². The van der Waals surface area contributed by atoms with Gasteiger partial charge in [0, 0.05) is 39.0 Å². The maximum Gasteiger partial charge on any atom is 0.131 e. The van der Waals surface area contributed by atoms with Crippen LogP contribution in [0, 0.1) is 0 Å². The third-order valence-corrected chi connectivity index (χ3v) is 8.63. The molecule has 0 saturated heterocycles. The topological polar surface area (TPSA) is 28.3 Å². The molecule has 0 saturated carbocycles. The van der Waals surface area contributed by atoms with E-state index in [-0.39, 0.29) is 0 Å². The zero-order valence-corrected chi connectivity index (χ0v) is 26.9. The molecule has 4 heteroatoms. The number of ether oxygens (including phenoxy) is 2. The first-order valence-corrected chi connectivity index (χ1v) is 16.4. The maximum absolute atomic E-state index is 6.26. The van der Waals surface area contributed by atoms with Gasteiger partial charge >= 0.3 is 0 Å². The van der Waals surface area contributed by atoms with Crippen LogP contribution in [0.1, 0.15) is 13.8 Å².